The van der Waals surface area contributed by atoms with E-state index in [0.717, 1.165) is 54.4 Å². The van der Waals surface area contributed by atoms with E-state index in [-0.39, 0.29) is 18.4 Å². The van der Waals surface area contributed by atoms with Crippen molar-refractivity contribution >= 4 is 41.5 Å². The van der Waals surface area contributed by atoms with Crippen LogP contribution in [0.2, 0.25) is 0 Å². The van der Waals surface area contributed by atoms with Crippen molar-refractivity contribution in [3.63, 3.8) is 0 Å². The minimum atomic E-state index is -4.38. The summed E-state index contributed by atoms with van der Waals surface area (Å²) in [5.74, 6) is 0.296. The van der Waals surface area contributed by atoms with Gasteiger partial charge >= 0.3 is 12.1 Å². The zero-order valence-corrected chi connectivity index (χ0v) is 20.8. The van der Waals surface area contributed by atoms with Crippen molar-refractivity contribution in [3.05, 3.63) is 47.5 Å². The zero-order valence-electron chi connectivity index (χ0n) is 19.1. The average Bonchev–Trinajstić information content (AvgIpc) is 2.78. The number of halogens is 4. The van der Waals surface area contributed by atoms with Crippen LogP contribution in [0, 0.1) is 5.92 Å². The highest BCUT2D eigenvalue weighted by Gasteiger charge is 2.35. The van der Waals surface area contributed by atoms with E-state index in [1.165, 1.54) is 24.8 Å². The Morgan fingerprint density at radius 3 is 2.59 bits per heavy atom. The van der Waals surface area contributed by atoms with Gasteiger partial charge in [-0.15, -0.1) is 12.4 Å². The van der Waals surface area contributed by atoms with Crippen LogP contribution in [0.15, 0.2) is 46.2 Å². The third-order valence-electron chi connectivity index (χ3n) is 6.39. The summed E-state index contributed by atoms with van der Waals surface area (Å²) >= 11 is 1.51. The summed E-state index contributed by atoms with van der Waals surface area (Å²) < 4.78 is 46.5. The van der Waals surface area contributed by atoms with Gasteiger partial charge in [-0.25, -0.2) is 0 Å². The van der Waals surface area contributed by atoms with Crippen LogP contribution in [-0.2, 0) is 22.1 Å². The smallest absolute Gasteiger partial charge is 0.416 e. The molecule has 1 saturated heterocycles. The molecule has 0 saturated carbocycles. The first kappa shape index (κ1) is 26.7. The summed E-state index contributed by atoms with van der Waals surface area (Å²) in [4.78, 5) is 15.1. The molecule has 34 heavy (non-hydrogen) atoms. The highest BCUT2D eigenvalue weighted by molar-refractivity contribution is 7.99. The molecule has 9 heteroatoms. The standard InChI is InChI=1S/C25H29F3N2O2S.ClH/c1-17(31)32-16-12-18-10-14-30(15-11-18)13-4-5-19-20(25(26,27)28)8-9-23-24(19)29-21-6-2-3-7-22(21)33-23;/h2-3,6-9,18,29H,4-5,10-16H2,1H3;1H. The molecule has 0 bridgehead atoms. The van der Waals surface area contributed by atoms with Gasteiger partial charge in [-0.05, 0) is 87.5 Å². The quantitative estimate of drug-likeness (QED) is 0.346. The Morgan fingerprint density at radius 1 is 1.15 bits per heavy atom. The molecular weight excluding hydrogens is 485 g/mol. The number of carbonyl (C=O) groups excluding carboxylic acids is 1. The Hall–Kier alpha value is -1.90. The van der Waals surface area contributed by atoms with Crippen LogP contribution in [0.25, 0.3) is 0 Å². The number of rotatable bonds is 7. The number of hydrogen-bond donors (Lipinski definition) is 1. The van der Waals surface area contributed by atoms with Crippen LogP contribution in [0.1, 0.15) is 43.7 Å². The fraction of sp³-hybridized carbons (Fsp3) is 0.480. The van der Waals surface area contributed by atoms with Crippen LogP contribution in [0.5, 0.6) is 0 Å². The number of alkyl halides is 3. The second kappa shape index (κ2) is 11.7. The van der Waals surface area contributed by atoms with Crippen molar-refractivity contribution in [1.29, 1.82) is 0 Å². The number of nitrogens with zero attached hydrogens (tertiary/aromatic N) is 1. The van der Waals surface area contributed by atoms with E-state index in [0.29, 0.717) is 36.6 Å². The average molecular weight is 515 g/mol. The molecule has 1 N–H and O–H groups in total. The largest absolute Gasteiger partial charge is 0.466 e. The monoisotopic (exact) mass is 514 g/mol. The van der Waals surface area contributed by atoms with Gasteiger partial charge in [0.25, 0.3) is 0 Å². The summed E-state index contributed by atoms with van der Waals surface area (Å²) in [6.45, 7) is 4.54. The molecule has 0 spiro atoms. The fourth-order valence-electron chi connectivity index (χ4n) is 4.63. The number of ether oxygens (including phenoxy) is 1. The van der Waals surface area contributed by atoms with Crippen molar-refractivity contribution in [1.82, 2.24) is 4.90 Å². The molecule has 0 radical (unpaired) electrons. The molecular formula is C25H30ClF3N2O2S. The molecule has 4 rings (SSSR count). The van der Waals surface area contributed by atoms with Gasteiger partial charge in [0.05, 0.1) is 23.5 Å². The Kier molecular flexibility index (Phi) is 9.18. The molecule has 2 aliphatic heterocycles. The molecule has 2 aromatic carbocycles. The second-order valence-corrected chi connectivity index (χ2v) is 9.79. The lowest BCUT2D eigenvalue weighted by atomic mass is 9.93. The lowest BCUT2D eigenvalue weighted by Gasteiger charge is -2.32. The summed E-state index contributed by atoms with van der Waals surface area (Å²) in [7, 11) is 0. The van der Waals surface area contributed by atoms with Gasteiger partial charge in [0, 0.05) is 16.7 Å². The predicted molar refractivity (Wildman–Crippen MR) is 131 cm³/mol. The molecule has 1 fully saturated rings. The minimum Gasteiger partial charge on any atom is -0.466 e. The third-order valence-corrected chi connectivity index (χ3v) is 7.52. The van der Waals surface area contributed by atoms with Gasteiger partial charge in [0.2, 0.25) is 0 Å². The van der Waals surface area contributed by atoms with E-state index in [9.17, 15) is 18.0 Å². The van der Waals surface area contributed by atoms with Crippen LogP contribution in [-0.4, -0.2) is 37.1 Å². The lowest BCUT2D eigenvalue weighted by molar-refractivity contribution is -0.141. The van der Waals surface area contributed by atoms with Crippen LogP contribution >= 0.6 is 24.2 Å². The van der Waals surface area contributed by atoms with Crippen LogP contribution in [0.3, 0.4) is 0 Å². The molecule has 186 valence electrons. The maximum Gasteiger partial charge on any atom is 0.416 e. The van der Waals surface area contributed by atoms with Gasteiger partial charge in [-0.3, -0.25) is 4.79 Å². The number of esters is 1. The van der Waals surface area contributed by atoms with Crippen molar-refractivity contribution in [2.24, 2.45) is 5.92 Å². The van der Waals surface area contributed by atoms with Gasteiger partial charge < -0.3 is 15.0 Å². The second-order valence-electron chi connectivity index (χ2n) is 8.70. The normalized spacial score (nSPS) is 16.1. The van der Waals surface area contributed by atoms with Gasteiger partial charge in [0.1, 0.15) is 0 Å². The highest BCUT2D eigenvalue weighted by atomic mass is 35.5. The summed E-state index contributed by atoms with van der Waals surface area (Å²) in [6.07, 6.45) is -0.390. The van der Waals surface area contributed by atoms with E-state index in [1.54, 1.807) is 6.07 Å². The van der Waals surface area contributed by atoms with Crippen molar-refractivity contribution in [3.8, 4) is 0 Å². The minimum absolute atomic E-state index is 0. The van der Waals surface area contributed by atoms with E-state index in [2.05, 4.69) is 10.2 Å². The first-order chi connectivity index (χ1) is 15.8. The molecule has 2 aliphatic rings. The number of fused-ring (bicyclic) bond motifs is 2. The van der Waals surface area contributed by atoms with Crippen molar-refractivity contribution in [2.75, 3.05) is 31.6 Å². The Bertz CT molecular complexity index is 995. The summed E-state index contributed by atoms with van der Waals surface area (Å²) in [5.41, 5.74) is 1.26. The Morgan fingerprint density at radius 2 is 1.88 bits per heavy atom. The van der Waals surface area contributed by atoms with E-state index in [4.69, 9.17) is 4.74 Å². The Labute approximate surface area is 209 Å². The number of nitrogens with one attached hydrogen (secondary N) is 1. The van der Waals surface area contributed by atoms with E-state index in [1.807, 2.05) is 24.3 Å². The lowest BCUT2D eigenvalue weighted by Crippen LogP contribution is -2.35. The number of piperidine rings is 1. The van der Waals surface area contributed by atoms with Crippen LogP contribution < -0.4 is 5.32 Å². The predicted octanol–water partition coefficient (Wildman–Crippen LogP) is 6.93. The molecule has 0 aliphatic carbocycles. The van der Waals surface area contributed by atoms with Crippen molar-refractivity contribution in [2.45, 2.75) is 55.0 Å². The van der Waals surface area contributed by atoms with E-state index >= 15 is 0 Å². The van der Waals surface area contributed by atoms with Gasteiger partial charge in [0.15, 0.2) is 0 Å². The number of carbonyl (C=O) groups is 1. The third kappa shape index (κ3) is 6.61. The first-order valence-electron chi connectivity index (χ1n) is 11.4. The highest BCUT2D eigenvalue weighted by Crippen LogP contribution is 2.48. The first-order valence-corrected chi connectivity index (χ1v) is 12.3. The number of likely N-dealkylation sites (tertiary alicyclic amines) is 1. The molecule has 2 aromatic rings. The van der Waals surface area contributed by atoms with E-state index < -0.39 is 11.7 Å². The SMILES string of the molecule is CC(=O)OCCC1CCN(CCCc2c(C(F)(F)F)ccc3c2Nc2ccccc2S3)CC1.Cl. The zero-order chi connectivity index (χ0) is 23.4. The number of hydrogen-bond acceptors (Lipinski definition) is 5. The molecule has 2 heterocycles. The molecule has 0 unspecified atom stereocenters. The summed E-state index contributed by atoms with van der Waals surface area (Å²) in [5, 5.41) is 3.27. The number of benzene rings is 2. The molecule has 0 amide bonds. The topological polar surface area (TPSA) is 41.6 Å². The fourth-order valence-corrected chi connectivity index (χ4v) is 5.66. The maximum atomic E-state index is 13.8. The summed E-state index contributed by atoms with van der Waals surface area (Å²) in [6, 6.07) is 10.5. The van der Waals surface area contributed by atoms with Crippen LogP contribution in [0.4, 0.5) is 24.5 Å². The molecule has 4 nitrogen and oxygen atoms in total. The van der Waals surface area contributed by atoms with Crippen molar-refractivity contribution < 1.29 is 22.7 Å². The molecule has 0 aromatic heterocycles. The number of anilines is 2. The number of para-hydroxylation sites is 1. The maximum absolute atomic E-state index is 13.8. The Balaban J connectivity index is 0.00000324. The van der Waals surface area contributed by atoms with Gasteiger partial charge in [-0.1, -0.05) is 23.9 Å². The van der Waals surface area contributed by atoms with Gasteiger partial charge in [-0.2, -0.15) is 13.2 Å². The molecule has 0 atom stereocenters.